The summed E-state index contributed by atoms with van der Waals surface area (Å²) in [6.07, 6.45) is 4.99. The van der Waals surface area contributed by atoms with Gasteiger partial charge in [-0.05, 0) is 38.1 Å². The number of hydrogen-bond acceptors (Lipinski definition) is 2. The van der Waals surface area contributed by atoms with E-state index in [1.54, 1.807) is 0 Å². The summed E-state index contributed by atoms with van der Waals surface area (Å²) >= 11 is 0. The van der Waals surface area contributed by atoms with Crippen LogP contribution in [0.25, 0.3) is 0 Å². The molecule has 0 atom stereocenters. The van der Waals surface area contributed by atoms with E-state index in [1.165, 1.54) is 25.7 Å². The molecule has 0 aromatic carbocycles. The second-order valence-electron chi connectivity index (χ2n) is 3.65. The fourth-order valence-electron chi connectivity index (χ4n) is 2.24. The van der Waals surface area contributed by atoms with Gasteiger partial charge in [-0.15, -0.1) is 0 Å². The molecule has 1 saturated carbocycles. The van der Waals surface area contributed by atoms with Crippen molar-refractivity contribution in [3.8, 4) is 0 Å². The largest absolute Gasteiger partial charge is 0.375 e. The average molecular weight is 141 g/mol. The molecule has 1 saturated heterocycles. The van der Waals surface area contributed by atoms with Crippen molar-refractivity contribution in [3.05, 3.63) is 0 Å². The highest BCUT2D eigenvalue weighted by Gasteiger charge is 2.46. The van der Waals surface area contributed by atoms with Crippen LogP contribution in [0.3, 0.4) is 0 Å². The van der Waals surface area contributed by atoms with Gasteiger partial charge >= 0.3 is 0 Å². The van der Waals surface area contributed by atoms with Gasteiger partial charge in [0.15, 0.2) is 0 Å². The van der Waals surface area contributed by atoms with E-state index in [9.17, 15) is 0 Å². The minimum atomic E-state index is 0.310. The van der Waals surface area contributed by atoms with Gasteiger partial charge in [-0.2, -0.15) is 0 Å². The van der Waals surface area contributed by atoms with E-state index in [0.29, 0.717) is 5.60 Å². The zero-order valence-corrected chi connectivity index (χ0v) is 6.31. The number of ether oxygens (including phenoxy) is 1. The summed E-state index contributed by atoms with van der Waals surface area (Å²) in [5.74, 6) is 0.762. The molecule has 0 bridgehead atoms. The van der Waals surface area contributed by atoms with Crippen LogP contribution in [0.1, 0.15) is 25.7 Å². The van der Waals surface area contributed by atoms with E-state index in [0.717, 1.165) is 19.1 Å². The maximum absolute atomic E-state index is 5.65. The lowest BCUT2D eigenvalue weighted by atomic mass is 9.69. The molecule has 2 N–H and O–H groups in total. The van der Waals surface area contributed by atoms with Crippen molar-refractivity contribution in [2.45, 2.75) is 31.3 Å². The lowest BCUT2D eigenvalue weighted by Gasteiger charge is -2.43. The molecule has 1 aliphatic carbocycles. The topological polar surface area (TPSA) is 35.2 Å². The van der Waals surface area contributed by atoms with E-state index < -0.39 is 0 Å². The van der Waals surface area contributed by atoms with E-state index >= 15 is 0 Å². The minimum Gasteiger partial charge on any atom is -0.375 e. The summed E-state index contributed by atoms with van der Waals surface area (Å²) < 4.78 is 5.65. The molecule has 0 aromatic heterocycles. The second kappa shape index (κ2) is 2.21. The third kappa shape index (κ3) is 0.867. The van der Waals surface area contributed by atoms with Crippen LogP contribution in [-0.2, 0) is 4.74 Å². The van der Waals surface area contributed by atoms with Crippen LogP contribution in [-0.4, -0.2) is 18.8 Å². The summed E-state index contributed by atoms with van der Waals surface area (Å²) in [5, 5.41) is 0. The molecule has 2 fully saturated rings. The summed E-state index contributed by atoms with van der Waals surface area (Å²) in [6, 6.07) is 0. The van der Waals surface area contributed by atoms with Gasteiger partial charge in [-0.25, -0.2) is 0 Å². The van der Waals surface area contributed by atoms with Crippen molar-refractivity contribution < 1.29 is 4.74 Å². The minimum absolute atomic E-state index is 0.310. The number of rotatable bonds is 1. The molecule has 0 unspecified atom stereocenters. The van der Waals surface area contributed by atoms with E-state index in [-0.39, 0.29) is 0 Å². The highest BCUT2D eigenvalue weighted by molar-refractivity contribution is 4.98. The molecule has 2 aliphatic rings. The Hall–Kier alpha value is -0.0800. The standard InChI is InChI=1S/C8H15NO/c9-6-7-4-8(5-7)2-1-3-10-8/h7H,1-6,9H2. The van der Waals surface area contributed by atoms with E-state index in [4.69, 9.17) is 10.5 Å². The third-order valence-corrected chi connectivity index (χ3v) is 2.84. The van der Waals surface area contributed by atoms with Gasteiger partial charge in [0.1, 0.15) is 0 Å². The summed E-state index contributed by atoms with van der Waals surface area (Å²) in [4.78, 5) is 0. The van der Waals surface area contributed by atoms with Crippen LogP contribution in [0.2, 0.25) is 0 Å². The van der Waals surface area contributed by atoms with Crippen LogP contribution in [0.5, 0.6) is 0 Å². The molecule has 10 heavy (non-hydrogen) atoms. The number of hydrogen-bond donors (Lipinski definition) is 1. The van der Waals surface area contributed by atoms with Gasteiger partial charge < -0.3 is 10.5 Å². The predicted octanol–water partition coefficient (Wildman–Crippen LogP) is 0.904. The van der Waals surface area contributed by atoms with Crippen molar-refractivity contribution in [1.29, 1.82) is 0 Å². The Bertz CT molecular complexity index is 121. The van der Waals surface area contributed by atoms with Gasteiger partial charge in [0, 0.05) is 6.61 Å². The lowest BCUT2D eigenvalue weighted by Crippen LogP contribution is -2.45. The molecule has 0 amide bonds. The van der Waals surface area contributed by atoms with Gasteiger partial charge in [0.25, 0.3) is 0 Å². The third-order valence-electron chi connectivity index (χ3n) is 2.84. The van der Waals surface area contributed by atoms with Crippen LogP contribution >= 0.6 is 0 Å². The van der Waals surface area contributed by atoms with Gasteiger partial charge in [-0.1, -0.05) is 0 Å². The molecular formula is C8H15NO. The van der Waals surface area contributed by atoms with Gasteiger partial charge in [0.2, 0.25) is 0 Å². The smallest absolute Gasteiger partial charge is 0.0689 e. The SMILES string of the molecule is NCC1CC2(CCCO2)C1. The molecule has 1 heterocycles. The predicted molar refractivity (Wildman–Crippen MR) is 39.7 cm³/mol. The Morgan fingerprint density at radius 3 is 2.80 bits per heavy atom. The maximum atomic E-state index is 5.65. The molecule has 1 aliphatic heterocycles. The lowest BCUT2D eigenvalue weighted by molar-refractivity contribution is -0.0877. The molecule has 2 heteroatoms. The van der Waals surface area contributed by atoms with Crippen molar-refractivity contribution in [3.63, 3.8) is 0 Å². The maximum Gasteiger partial charge on any atom is 0.0689 e. The highest BCUT2D eigenvalue weighted by Crippen LogP contribution is 2.46. The Kier molecular flexibility index (Phi) is 1.46. The van der Waals surface area contributed by atoms with Crippen molar-refractivity contribution in [2.75, 3.05) is 13.2 Å². The zero-order valence-electron chi connectivity index (χ0n) is 6.31. The highest BCUT2D eigenvalue weighted by atomic mass is 16.5. The van der Waals surface area contributed by atoms with Crippen LogP contribution in [0.15, 0.2) is 0 Å². The molecule has 58 valence electrons. The summed E-state index contributed by atoms with van der Waals surface area (Å²) in [6.45, 7) is 1.84. The van der Waals surface area contributed by atoms with Gasteiger partial charge in [0.05, 0.1) is 5.60 Å². The molecule has 2 rings (SSSR count). The molecule has 2 nitrogen and oxygen atoms in total. The number of nitrogens with two attached hydrogens (primary N) is 1. The zero-order chi connectivity index (χ0) is 7.03. The van der Waals surface area contributed by atoms with E-state index in [2.05, 4.69) is 0 Å². The first-order valence-corrected chi connectivity index (χ1v) is 4.19. The van der Waals surface area contributed by atoms with Crippen LogP contribution in [0, 0.1) is 5.92 Å². The first kappa shape index (κ1) is 6.62. The molecule has 0 aromatic rings. The monoisotopic (exact) mass is 141 g/mol. The van der Waals surface area contributed by atoms with Crippen molar-refractivity contribution in [1.82, 2.24) is 0 Å². The second-order valence-corrected chi connectivity index (χ2v) is 3.65. The Morgan fingerprint density at radius 1 is 1.50 bits per heavy atom. The van der Waals surface area contributed by atoms with Crippen molar-refractivity contribution >= 4 is 0 Å². The van der Waals surface area contributed by atoms with Gasteiger partial charge in [-0.3, -0.25) is 0 Å². The first-order chi connectivity index (χ1) is 4.85. The first-order valence-electron chi connectivity index (χ1n) is 4.19. The van der Waals surface area contributed by atoms with Crippen LogP contribution < -0.4 is 5.73 Å². The Morgan fingerprint density at radius 2 is 2.30 bits per heavy atom. The Balaban J connectivity index is 1.86. The van der Waals surface area contributed by atoms with E-state index in [1.807, 2.05) is 0 Å². The fourth-order valence-corrected chi connectivity index (χ4v) is 2.24. The van der Waals surface area contributed by atoms with Crippen molar-refractivity contribution in [2.24, 2.45) is 11.7 Å². The molecular weight excluding hydrogens is 126 g/mol. The quantitative estimate of drug-likeness (QED) is 0.589. The van der Waals surface area contributed by atoms with Crippen LogP contribution in [0.4, 0.5) is 0 Å². The fraction of sp³-hybridized carbons (Fsp3) is 1.00. The normalized spacial score (nSPS) is 45.9. The summed E-state index contributed by atoms with van der Waals surface area (Å²) in [7, 11) is 0. The molecule has 1 spiro atoms. The average Bonchev–Trinajstić information content (AvgIpc) is 2.30. The Labute approximate surface area is 61.7 Å². The molecule has 0 radical (unpaired) electrons. The summed E-state index contributed by atoms with van der Waals surface area (Å²) in [5.41, 5.74) is 5.84.